The lowest BCUT2D eigenvalue weighted by Gasteiger charge is -2.22. The molecule has 3 rings (SSSR count). The maximum atomic E-state index is 11.7. The van der Waals surface area contributed by atoms with Gasteiger partial charge >= 0.3 is 6.09 Å². The summed E-state index contributed by atoms with van der Waals surface area (Å²) in [5.41, 5.74) is 0.992. The molecule has 0 aromatic heterocycles. The highest BCUT2D eigenvalue weighted by atomic mass is 35.5. The van der Waals surface area contributed by atoms with Crippen LogP contribution in [-0.4, -0.2) is 30.2 Å². The maximum absolute atomic E-state index is 11.7. The Labute approximate surface area is 142 Å². The van der Waals surface area contributed by atoms with Crippen molar-refractivity contribution in [1.29, 1.82) is 0 Å². The largest absolute Gasteiger partial charge is 0.492 e. The number of amides is 1. The van der Waals surface area contributed by atoms with Crippen molar-refractivity contribution in [1.82, 2.24) is 4.90 Å². The number of carbonyl (C=O) groups excluding carboxylic acids is 1. The first kappa shape index (κ1) is 16.4. The van der Waals surface area contributed by atoms with Gasteiger partial charge in [-0.2, -0.15) is 0 Å². The van der Waals surface area contributed by atoms with E-state index in [2.05, 4.69) is 0 Å². The lowest BCUT2D eigenvalue weighted by molar-refractivity contribution is 0.137. The fourth-order valence-corrected chi connectivity index (χ4v) is 3.60. The van der Waals surface area contributed by atoms with E-state index in [-0.39, 0.29) is 12.2 Å². The molecule has 126 valence electrons. The van der Waals surface area contributed by atoms with Gasteiger partial charge in [0.05, 0.1) is 18.2 Å². The number of cyclic esters (lactones) is 1. The summed E-state index contributed by atoms with van der Waals surface area (Å²) in [4.78, 5) is 13.4. The average molecular weight is 338 g/mol. The second kappa shape index (κ2) is 7.43. The van der Waals surface area contributed by atoms with Crippen LogP contribution in [0.1, 0.15) is 44.6 Å². The lowest BCUT2D eigenvalue weighted by Crippen LogP contribution is -2.24. The molecule has 1 saturated carbocycles. The molecule has 0 N–H and O–H groups in total. The highest BCUT2D eigenvalue weighted by Gasteiger charge is 2.28. The van der Waals surface area contributed by atoms with Crippen LogP contribution in [0.3, 0.4) is 0 Å². The third-order valence-corrected chi connectivity index (χ3v) is 4.90. The van der Waals surface area contributed by atoms with E-state index in [1.165, 1.54) is 32.1 Å². The maximum Gasteiger partial charge on any atom is 0.410 e. The smallest absolute Gasteiger partial charge is 0.410 e. The molecule has 1 saturated heterocycles. The van der Waals surface area contributed by atoms with Gasteiger partial charge in [0.2, 0.25) is 0 Å². The van der Waals surface area contributed by atoms with E-state index in [1.807, 2.05) is 25.1 Å². The number of ether oxygens (including phenoxy) is 2. The predicted octanol–water partition coefficient (Wildman–Crippen LogP) is 4.64. The van der Waals surface area contributed by atoms with E-state index in [4.69, 9.17) is 21.1 Å². The number of halogens is 1. The number of carbonyl (C=O) groups is 1. The topological polar surface area (TPSA) is 38.8 Å². The van der Waals surface area contributed by atoms with Crippen molar-refractivity contribution in [2.45, 2.75) is 51.7 Å². The first-order valence-electron chi connectivity index (χ1n) is 8.48. The quantitative estimate of drug-likeness (QED) is 0.785. The SMILES string of the molecule is C[C@@H]1CN(Cc2ccc(OCC3CCCCC3)c(Cl)c2)C(=O)O1. The normalized spacial score (nSPS) is 22.3. The summed E-state index contributed by atoms with van der Waals surface area (Å²) >= 11 is 6.34. The summed E-state index contributed by atoms with van der Waals surface area (Å²) < 4.78 is 11.0. The third-order valence-electron chi connectivity index (χ3n) is 4.61. The third kappa shape index (κ3) is 4.31. The van der Waals surface area contributed by atoms with Gasteiger partial charge in [0, 0.05) is 6.54 Å². The van der Waals surface area contributed by atoms with Crippen molar-refractivity contribution in [3.8, 4) is 5.75 Å². The Balaban J connectivity index is 1.56. The summed E-state index contributed by atoms with van der Waals surface area (Å²) in [5.74, 6) is 1.39. The van der Waals surface area contributed by atoms with Crippen LogP contribution < -0.4 is 4.74 Å². The van der Waals surface area contributed by atoms with E-state index in [0.717, 1.165) is 17.9 Å². The van der Waals surface area contributed by atoms with Gasteiger partial charge < -0.3 is 14.4 Å². The van der Waals surface area contributed by atoms with Crippen LogP contribution in [-0.2, 0) is 11.3 Å². The van der Waals surface area contributed by atoms with Crippen LogP contribution in [0.2, 0.25) is 5.02 Å². The van der Waals surface area contributed by atoms with Crippen LogP contribution in [0, 0.1) is 5.92 Å². The molecule has 1 aromatic carbocycles. The Morgan fingerprint density at radius 3 is 2.74 bits per heavy atom. The summed E-state index contributed by atoms with van der Waals surface area (Å²) in [6.07, 6.45) is 6.18. The molecular formula is C18H24ClNO3. The summed E-state index contributed by atoms with van der Waals surface area (Å²) in [5, 5.41) is 0.610. The summed E-state index contributed by atoms with van der Waals surface area (Å²) in [7, 11) is 0. The molecule has 1 aromatic rings. The minimum Gasteiger partial charge on any atom is -0.492 e. The molecule has 1 aliphatic heterocycles. The predicted molar refractivity (Wildman–Crippen MR) is 89.9 cm³/mol. The molecule has 0 spiro atoms. The fraction of sp³-hybridized carbons (Fsp3) is 0.611. The number of hydrogen-bond donors (Lipinski definition) is 0. The zero-order chi connectivity index (χ0) is 16.2. The molecule has 4 nitrogen and oxygen atoms in total. The standard InChI is InChI=1S/C18H24ClNO3/c1-13-10-20(18(21)23-13)11-15-7-8-17(16(19)9-15)22-12-14-5-3-2-4-6-14/h7-9,13-14H,2-6,10-12H2,1H3/t13-/m1/s1. The average Bonchev–Trinajstić information content (AvgIpc) is 2.85. The van der Waals surface area contributed by atoms with Gasteiger partial charge in [-0.25, -0.2) is 4.79 Å². The molecule has 0 unspecified atom stereocenters. The van der Waals surface area contributed by atoms with Gasteiger partial charge in [0.1, 0.15) is 11.9 Å². The van der Waals surface area contributed by atoms with E-state index in [1.54, 1.807) is 4.90 Å². The molecule has 23 heavy (non-hydrogen) atoms. The minimum absolute atomic E-state index is 0.0453. The van der Waals surface area contributed by atoms with Gasteiger partial charge in [0.25, 0.3) is 0 Å². The van der Waals surface area contributed by atoms with Crippen molar-refractivity contribution in [3.05, 3.63) is 28.8 Å². The molecular weight excluding hydrogens is 314 g/mol. The van der Waals surface area contributed by atoms with Crippen molar-refractivity contribution in [2.24, 2.45) is 5.92 Å². The van der Waals surface area contributed by atoms with Gasteiger partial charge in [-0.3, -0.25) is 0 Å². The first-order valence-corrected chi connectivity index (χ1v) is 8.86. The van der Waals surface area contributed by atoms with Gasteiger partial charge in [0.15, 0.2) is 0 Å². The molecule has 1 heterocycles. The van der Waals surface area contributed by atoms with Crippen molar-refractivity contribution in [2.75, 3.05) is 13.2 Å². The minimum atomic E-state index is -0.258. The number of hydrogen-bond acceptors (Lipinski definition) is 3. The van der Waals surface area contributed by atoms with Gasteiger partial charge in [-0.1, -0.05) is 36.9 Å². The van der Waals surface area contributed by atoms with Crippen LogP contribution in [0.25, 0.3) is 0 Å². The van der Waals surface area contributed by atoms with Crippen LogP contribution in [0.4, 0.5) is 4.79 Å². The Morgan fingerprint density at radius 2 is 2.09 bits per heavy atom. The Hall–Kier alpha value is -1.42. The monoisotopic (exact) mass is 337 g/mol. The van der Waals surface area contributed by atoms with Crippen LogP contribution in [0.5, 0.6) is 5.75 Å². The molecule has 2 fully saturated rings. The van der Waals surface area contributed by atoms with E-state index in [9.17, 15) is 4.79 Å². The van der Waals surface area contributed by atoms with Gasteiger partial charge in [-0.05, 0) is 43.4 Å². The van der Waals surface area contributed by atoms with Crippen molar-refractivity contribution in [3.63, 3.8) is 0 Å². The highest BCUT2D eigenvalue weighted by Crippen LogP contribution is 2.29. The van der Waals surface area contributed by atoms with Crippen LogP contribution >= 0.6 is 11.6 Å². The molecule has 1 atom stereocenters. The first-order chi connectivity index (χ1) is 11.1. The molecule has 5 heteroatoms. The number of benzene rings is 1. The molecule has 1 amide bonds. The van der Waals surface area contributed by atoms with E-state index in [0.29, 0.717) is 24.0 Å². The zero-order valence-electron chi connectivity index (χ0n) is 13.6. The second-order valence-electron chi connectivity index (χ2n) is 6.65. The Bertz CT molecular complexity index is 557. The zero-order valence-corrected chi connectivity index (χ0v) is 14.3. The molecule has 2 aliphatic rings. The van der Waals surface area contributed by atoms with Crippen LogP contribution in [0.15, 0.2) is 18.2 Å². The Morgan fingerprint density at radius 1 is 1.30 bits per heavy atom. The van der Waals surface area contributed by atoms with Crippen molar-refractivity contribution >= 4 is 17.7 Å². The number of nitrogens with zero attached hydrogens (tertiary/aromatic N) is 1. The Kier molecular flexibility index (Phi) is 5.31. The lowest BCUT2D eigenvalue weighted by atomic mass is 9.90. The summed E-state index contributed by atoms with van der Waals surface area (Å²) in [6.45, 7) is 3.78. The van der Waals surface area contributed by atoms with Gasteiger partial charge in [-0.15, -0.1) is 0 Å². The van der Waals surface area contributed by atoms with E-state index < -0.39 is 0 Å². The summed E-state index contributed by atoms with van der Waals surface area (Å²) in [6, 6.07) is 5.76. The van der Waals surface area contributed by atoms with Crippen molar-refractivity contribution < 1.29 is 14.3 Å². The number of rotatable bonds is 5. The highest BCUT2D eigenvalue weighted by molar-refractivity contribution is 6.32. The molecule has 1 aliphatic carbocycles. The molecule has 0 bridgehead atoms. The second-order valence-corrected chi connectivity index (χ2v) is 7.06. The fourth-order valence-electron chi connectivity index (χ4n) is 3.34. The van der Waals surface area contributed by atoms with E-state index >= 15 is 0 Å². The molecule has 0 radical (unpaired) electrons.